The lowest BCUT2D eigenvalue weighted by Gasteiger charge is -2.10. The van der Waals surface area contributed by atoms with E-state index < -0.39 is 24.3 Å². The normalized spacial score (nSPS) is 11.0. The molecule has 0 bridgehead atoms. The monoisotopic (exact) mass is 413 g/mol. The van der Waals surface area contributed by atoms with Crippen LogP contribution in [0.2, 0.25) is 0 Å². The second-order valence-corrected chi connectivity index (χ2v) is 6.84. The number of hydrogen-bond donors (Lipinski definition) is 1. The van der Waals surface area contributed by atoms with Crippen LogP contribution in [0.3, 0.4) is 0 Å². The van der Waals surface area contributed by atoms with Gasteiger partial charge in [-0.05, 0) is 40.2 Å². The second kappa shape index (κ2) is 8.44. The quantitative estimate of drug-likeness (QED) is 0.459. The van der Waals surface area contributed by atoms with Crippen molar-refractivity contribution in [2.24, 2.45) is 0 Å². The lowest BCUT2D eigenvalue weighted by atomic mass is 10.1. The van der Waals surface area contributed by atoms with Crippen LogP contribution in [0.1, 0.15) is 56.0 Å². The van der Waals surface area contributed by atoms with E-state index in [1.54, 1.807) is 32.2 Å². The summed E-state index contributed by atoms with van der Waals surface area (Å²) >= 11 is 0. The van der Waals surface area contributed by atoms with Gasteiger partial charge in [0.1, 0.15) is 6.33 Å². The number of aryl methyl sites for hydroxylation is 3. The van der Waals surface area contributed by atoms with Gasteiger partial charge in [0, 0.05) is 22.6 Å². The molecule has 3 aromatic rings. The van der Waals surface area contributed by atoms with Crippen molar-refractivity contribution < 1.29 is 23.9 Å². The highest BCUT2D eigenvalue weighted by atomic mass is 16.5. The largest absolute Gasteiger partial charge is 0.462 e. The summed E-state index contributed by atoms with van der Waals surface area (Å²) in [5, 5.41) is 4.08. The van der Waals surface area contributed by atoms with Crippen LogP contribution < -0.4 is 0 Å². The molecule has 0 aliphatic rings. The summed E-state index contributed by atoms with van der Waals surface area (Å²) in [6.07, 6.45) is 1.34. The average molecular weight is 413 g/mol. The molecule has 0 fully saturated rings. The molecule has 0 aromatic carbocycles. The highest BCUT2D eigenvalue weighted by Gasteiger charge is 2.24. The number of nitrogens with one attached hydrogen (secondary N) is 1. The molecule has 0 radical (unpaired) electrons. The zero-order chi connectivity index (χ0) is 22.0. The number of Topliss-reactive ketones (excluding diaryl/α,β-unsaturated/α-hetero) is 1. The van der Waals surface area contributed by atoms with Gasteiger partial charge in [-0.2, -0.15) is 10.1 Å². The number of ether oxygens (including phenoxy) is 2. The van der Waals surface area contributed by atoms with E-state index in [2.05, 4.69) is 20.1 Å². The van der Waals surface area contributed by atoms with Crippen molar-refractivity contribution >= 4 is 23.5 Å². The van der Waals surface area contributed by atoms with Crippen LogP contribution in [0, 0.1) is 27.7 Å². The van der Waals surface area contributed by atoms with Gasteiger partial charge in [-0.25, -0.2) is 14.3 Å². The third-order valence-electron chi connectivity index (χ3n) is 4.87. The van der Waals surface area contributed by atoms with E-state index in [0.29, 0.717) is 33.9 Å². The number of rotatable bonds is 7. The zero-order valence-electron chi connectivity index (χ0n) is 17.5. The number of carbonyl (C=O) groups is 3. The summed E-state index contributed by atoms with van der Waals surface area (Å²) in [6.45, 7) is 8.41. The van der Waals surface area contributed by atoms with E-state index in [1.165, 1.54) is 6.33 Å². The molecule has 10 nitrogen and oxygen atoms in total. The number of H-pyrrole nitrogens is 1. The average Bonchev–Trinajstić information content (AvgIpc) is 3.27. The Morgan fingerprint density at radius 2 is 1.87 bits per heavy atom. The van der Waals surface area contributed by atoms with Crippen molar-refractivity contribution in [3.05, 3.63) is 45.8 Å². The fourth-order valence-electron chi connectivity index (χ4n) is 3.36. The Labute approximate surface area is 172 Å². The van der Waals surface area contributed by atoms with Gasteiger partial charge in [0.25, 0.3) is 5.78 Å². The molecule has 0 unspecified atom stereocenters. The Bertz CT molecular complexity index is 1140. The maximum Gasteiger partial charge on any atom is 0.340 e. The Kier molecular flexibility index (Phi) is 5.95. The van der Waals surface area contributed by atoms with Gasteiger partial charge < -0.3 is 14.5 Å². The summed E-state index contributed by atoms with van der Waals surface area (Å²) in [5.41, 5.74) is 3.59. The molecule has 30 heavy (non-hydrogen) atoms. The highest BCUT2D eigenvalue weighted by Crippen LogP contribution is 2.20. The molecule has 0 saturated carbocycles. The number of esters is 2. The number of aromatic nitrogens is 5. The van der Waals surface area contributed by atoms with Gasteiger partial charge in [-0.15, -0.1) is 0 Å². The summed E-state index contributed by atoms with van der Waals surface area (Å²) < 4.78 is 11.7. The van der Waals surface area contributed by atoms with Crippen molar-refractivity contribution in [2.45, 2.75) is 41.0 Å². The number of nitrogens with zero attached hydrogens (tertiary/aromatic N) is 4. The van der Waals surface area contributed by atoms with Crippen LogP contribution in [0.5, 0.6) is 0 Å². The third-order valence-corrected chi connectivity index (χ3v) is 4.87. The predicted octanol–water partition coefficient (Wildman–Crippen LogP) is 1.83. The Balaban J connectivity index is 1.69. The number of carbonyl (C=O) groups excluding carboxylic acids is 3. The molecule has 10 heteroatoms. The van der Waals surface area contributed by atoms with Crippen molar-refractivity contribution in [3.8, 4) is 0 Å². The first-order chi connectivity index (χ1) is 14.2. The van der Waals surface area contributed by atoms with Crippen LogP contribution in [-0.4, -0.2) is 55.5 Å². The summed E-state index contributed by atoms with van der Waals surface area (Å²) in [6, 6.07) is 0. The van der Waals surface area contributed by atoms with Gasteiger partial charge in [0.15, 0.2) is 6.61 Å². The van der Waals surface area contributed by atoms with E-state index in [1.807, 2.05) is 6.92 Å². The molecule has 3 heterocycles. The first-order valence-corrected chi connectivity index (χ1v) is 9.45. The maximum absolute atomic E-state index is 12.5. The summed E-state index contributed by atoms with van der Waals surface area (Å²) in [7, 11) is 0. The van der Waals surface area contributed by atoms with Crippen molar-refractivity contribution in [2.75, 3.05) is 13.2 Å². The van der Waals surface area contributed by atoms with Gasteiger partial charge in [-0.1, -0.05) is 0 Å². The standard InChI is InChI=1S/C20H23N5O5/c1-6-29-19(28)17-10(2)18(23-12(17)4)15(26)8-30-16(27)7-14-11(3)24-20-21-9-22-25(20)13(14)5/h9,23H,6-8H2,1-5H3. The van der Waals surface area contributed by atoms with E-state index in [0.717, 1.165) is 5.69 Å². The van der Waals surface area contributed by atoms with Crippen LogP contribution in [-0.2, 0) is 20.7 Å². The molecule has 0 aliphatic heterocycles. The van der Waals surface area contributed by atoms with Crippen molar-refractivity contribution in [1.82, 2.24) is 24.6 Å². The highest BCUT2D eigenvalue weighted by molar-refractivity contribution is 6.02. The molecule has 0 amide bonds. The smallest absolute Gasteiger partial charge is 0.340 e. The second-order valence-electron chi connectivity index (χ2n) is 6.84. The molecule has 0 atom stereocenters. The Morgan fingerprint density at radius 1 is 1.13 bits per heavy atom. The van der Waals surface area contributed by atoms with Gasteiger partial charge in [0.05, 0.1) is 24.3 Å². The zero-order valence-corrected chi connectivity index (χ0v) is 17.5. The maximum atomic E-state index is 12.5. The Hall–Kier alpha value is -3.56. The van der Waals surface area contributed by atoms with E-state index in [-0.39, 0.29) is 18.7 Å². The SMILES string of the molecule is CCOC(=O)c1c(C)[nH]c(C(=O)COC(=O)Cc2c(C)nc3ncnn3c2C)c1C. The van der Waals surface area contributed by atoms with Crippen LogP contribution in [0.25, 0.3) is 5.78 Å². The minimum atomic E-state index is -0.567. The first-order valence-electron chi connectivity index (χ1n) is 9.45. The number of hydrogen-bond acceptors (Lipinski definition) is 8. The molecule has 3 aromatic heterocycles. The lowest BCUT2D eigenvalue weighted by Crippen LogP contribution is -2.18. The molecule has 1 N–H and O–H groups in total. The molecule has 158 valence electrons. The molecular weight excluding hydrogens is 390 g/mol. The lowest BCUT2D eigenvalue weighted by molar-refractivity contribution is -0.141. The van der Waals surface area contributed by atoms with E-state index in [9.17, 15) is 14.4 Å². The van der Waals surface area contributed by atoms with E-state index >= 15 is 0 Å². The molecular formula is C20H23N5O5. The van der Waals surface area contributed by atoms with Gasteiger partial charge >= 0.3 is 11.9 Å². The van der Waals surface area contributed by atoms with Crippen LogP contribution >= 0.6 is 0 Å². The van der Waals surface area contributed by atoms with Crippen molar-refractivity contribution in [1.29, 1.82) is 0 Å². The van der Waals surface area contributed by atoms with Gasteiger partial charge in [-0.3, -0.25) is 9.59 Å². The predicted molar refractivity (Wildman–Crippen MR) is 105 cm³/mol. The minimum Gasteiger partial charge on any atom is -0.462 e. The number of aromatic amines is 1. The van der Waals surface area contributed by atoms with E-state index in [4.69, 9.17) is 9.47 Å². The number of ketones is 1. The Morgan fingerprint density at radius 3 is 2.57 bits per heavy atom. The number of fused-ring (bicyclic) bond motifs is 1. The van der Waals surface area contributed by atoms with Crippen LogP contribution in [0.15, 0.2) is 6.33 Å². The molecule has 0 spiro atoms. The third kappa shape index (κ3) is 3.93. The topological polar surface area (TPSA) is 129 Å². The first kappa shape index (κ1) is 21.2. The van der Waals surface area contributed by atoms with Crippen LogP contribution in [0.4, 0.5) is 0 Å². The fraction of sp³-hybridized carbons (Fsp3) is 0.400. The molecule has 0 aliphatic carbocycles. The van der Waals surface area contributed by atoms with Crippen molar-refractivity contribution in [3.63, 3.8) is 0 Å². The molecule has 3 rings (SSSR count). The fourth-order valence-corrected chi connectivity index (χ4v) is 3.36. The molecule has 0 saturated heterocycles. The summed E-state index contributed by atoms with van der Waals surface area (Å²) in [5.74, 6) is -1.05. The summed E-state index contributed by atoms with van der Waals surface area (Å²) in [4.78, 5) is 48.2. The van der Waals surface area contributed by atoms with Gasteiger partial charge in [0.2, 0.25) is 5.78 Å². The minimum absolute atomic E-state index is 0.0510.